The summed E-state index contributed by atoms with van der Waals surface area (Å²) in [5.74, 6) is 0.304. The summed E-state index contributed by atoms with van der Waals surface area (Å²) in [5, 5.41) is 3.35. The molecule has 2 fully saturated rings. The third-order valence-electron chi connectivity index (χ3n) is 5.37. The van der Waals surface area contributed by atoms with Gasteiger partial charge < -0.3 is 10.1 Å². The number of halogens is 6. The molecule has 1 heterocycles. The summed E-state index contributed by atoms with van der Waals surface area (Å²) in [7, 11) is 0. The van der Waals surface area contributed by atoms with E-state index in [4.69, 9.17) is 0 Å². The lowest BCUT2D eigenvalue weighted by atomic mass is 9.80. The topological polar surface area (TPSA) is 24.5 Å². The summed E-state index contributed by atoms with van der Waals surface area (Å²) in [5.41, 5.74) is 1.05. The minimum Gasteiger partial charge on any atom is -0.428 e. The first kappa shape index (κ1) is 25.3. The van der Waals surface area contributed by atoms with E-state index in [9.17, 15) is 17.6 Å². The number of hydrogen-bond acceptors (Lipinski definition) is 3. The number of nitrogens with zero attached hydrogens (tertiary/aromatic N) is 1. The molecule has 0 amide bonds. The molecule has 2 aliphatic rings. The van der Waals surface area contributed by atoms with Crippen LogP contribution < -0.4 is 10.1 Å². The maximum atomic E-state index is 13.1. The number of rotatable bonds is 6. The van der Waals surface area contributed by atoms with Crippen LogP contribution in [0.3, 0.4) is 0 Å². The fraction of sp³-hybridized carbons (Fsp3) is 0.684. The number of hydrogen-bond donors (Lipinski definition) is 1. The maximum Gasteiger partial charge on any atom is 0.461 e. The Morgan fingerprint density at radius 2 is 1.54 bits per heavy atom. The predicted octanol–water partition coefficient (Wildman–Crippen LogP) is 5.29. The van der Waals surface area contributed by atoms with Crippen LogP contribution in [-0.2, 0) is 0 Å². The van der Waals surface area contributed by atoms with Gasteiger partial charge in [0.25, 0.3) is 0 Å². The van der Waals surface area contributed by atoms with E-state index in [2.05, 4.69) is 15.0 Å². The zero-order valence-corrected chi connectivity index (χ0v) is 17.2. The van der Waals surface area contributed by atoms with Crippen molar-refractivity contribution in [1.82, 2.24) is 10.2 Å². The number of nitrogens with one attached hydrogen (secondary N) is 1. The van der Waals surface area contributed by atoms with Gasteiger partial charge in [0.2, 0.25) is 0 Å². The van der Waals surface area contributed by atoms with Crippen molar-refractivity contribution in [3.8, 4) is 5.75 Å². The molecule has 3 nitrogen and oxygen atoms in total. The minimum absolute atomic E-state index is 0. The van der Waals surface area contributed by atoms with Crippen LogP contribution in [0.4, 0.5) is 17.6 Å². The van der Waals surface area contributed by atoms with Crippen molar-refractivity contribution in [3.63, 3.8) is 0 Å². The molecule has 9 heteroatoms. The zero-order chi connectivity index (χ0) is 18.6. The molecular formula is C19H28Cl2F4N2O. The highest BCUT2D eigenvalue weighted by Gasteiger charge is 2.44. The van der Waals surface area contributed by atoms with Crippen LogP contribution >= 0.6 is 24.8 Å². The summed E-state index contributed by atoms with van der Waals surface area (Å²) in [4.78, 5) is 2.45. The lowest BCUT2D eigenvalue weighted by Gasteiger charge is -2.41. The van der Waals surface area contributed by atoms with E-state index in [0.717, 1.165) is 44.6 Å². The first-order chi connectivity index (χ1) is 12.5. The predicted molar refractivity (Wildman–Crippen MR) is 106 cm³/mol. The summed E-state index contributed by atoms with van der Waals surface area (Å²) in [6.45, 7) is 3.77. The van der Waals surface area contributed by atoms with Crippen LogP contribution in [-0.4, -0.2) is 43.6 Å². The van der Waals surface area contributed by atoms with Crippen LogP contribution in [0, 0.1) is 5.92 Å². The van der Waals surface area contributed by atoms with Crippen molar-refractivity contribution >= 4 is 24.8 Å². The number of ether oxygens (including phenoxy) is 1. The summed E-state index contributed by atoms with van der Waals surface area (Å²) < 4.78 is 55.0. The Balaban J connectivity index is 0.00000196. The van der Waals surface area contributed by atoms with Gasteiger partial charge in [0.05, 0.1) is 0 Å². The highest BCUT2D eigenvalue weighted by atomic mass is 35.5. The van der Waals surface area contributed by atoms with E-state index in [1.165, 1.54) is 31.4 Å². The molecule has 0 radical (unpaired) electrons. The van der Waals surface area contributed by atoms with E-state index in [1.54, 1.807) is 12.1 Å². The average Bonchev–Trinajstić information content (AvgIpc) is 2.65. The quantitative estimate of drug-likeness (QED) is 0.600. The second kappa shape index (κ2) is 11.4. The van der Waals surface area contributed by atoms with Crippen LogP contribution in [0.2, 0.25) is 0 Å². The molecule has 1 saturated heterocycles. The minimum atomic E-state index is -4.47. The molecule has 1 aromatic carbocycles. The molecule has 0 bridgehead atoms. The smallest absolute Gasteiger partial charge is 0.428 e. The van der Waals surface area contributed by atoms with Crippen LogP contribution in [0.5, 0.6) is 5.75 Å². The lowest BCUT2D eigenvalue weighted by Crippen LogP contribution is -2.47. The summed E-state index contributed by atoms with van der Waals surface area (Å²) in [6.07, 6.45) is -2.29. The van der Waals surface area contributed by atoms with Crippen molar-refractivity contribution in [2.45, 2.75) is 50.7 Å². The van der Waals surface area contributed by atoms with E-state index >= 15 is 0 Å². The lowest BCUT2D eigenvalue weighted by molar-refractivity contribution is -0.253. The van der Waals surface area contributed by atoms with Crippen molar-refractivity contribution in [3.05, 3.63) is 29.8 Å². The molecule has 0 aromatic heterocycles. The van der Waals surface area contributed by atoms with Crippen molar-refractivity contribution in [1.29, 1.82) is 0 Å². The Labute approximate surface area is 176 Å². The van der Waals surface area contributed by atoms with Gasteiger partial charge in [0, 0.05) is 32.2 Å². The summed E-state index contributed by atoms with van der Waals surface area (Å²) in [6, 6.07) is 6.49. The maximum absolute atomic E-state index is 13.1. The highest BCUT2D eigenvalue weighted by Crippen LogP contribution is 2.39. The Bertz CT molecular complexity index is 548. The molecule has 1 N–H and O–H groups in total. The van der Waals surface area contributed by atoms with Crippen LogP contribution in [0.15, 0.2) is 24.3 Å². The van der Waals surface area contributed by atoms with Crippen molar-refractivity contribution in [2.75, 3.05) is 26.2 Å². The molecule has 3 rings (SSSR count). The van der Waals surface area contributed by atoms with Gasteiger partial charge in [-0.25, -0.2) is 0 Å². The molecular weight excluding hydrogens is 419 g/mol. The molecule has 1 atom stereocenters. The molecule has 28 heavy (non-hydrogen) atoms. The van der Waals surface area contributed by atoms with Crippen LogP contribution in [0.1, 0.15) is 43.7 Å². The molecule has 1 aliphatic carbocycles. The first-order valence-corrected chi connectivity index (χ1v) is 9.37. The van der Waals surface area contributed by atoms with Gasteiger partial charge in [0.1, 0.15) is 5.75 Å². The molecule has 1 aliphatic heterocycles. The highest BCUT2D eigenvalue weighted by molar-refractivity contribution is 5.85. The number of benzene rings is 1. The third-order valence-corrected chi connectivity index (χ3v) is 5.37. The van der Waals surface area contributed by atoms with E-state index < -0.39 is 12.5 Å². The Kier molecular flexibility index (Phi) is 10.3. The first-order valence-electron chi connectivity index (χ1n) is 9.37. The van der Waals surface area contributed by atoms with Gasteiger partial charge in [0.15, 0.2) is 0 Å². The van der Waals surface area contributed by atoms with E-state index in [-0.39, 0.29) is 36.6 Å². The summed E-state index contributed by atoms with van der Waals surface area (Å²) >= 11 is 0. The van der Waals surface area contributed by atoms with Gasteiger partial charge in [-0.1, -0.05) is 31.4 Å². The monoisotopic (exact) mass is 446 g/mol. The third kappa shape index (κ3) is 6.37. The van der Waals surface area contributed by atoms with E-state index in [1.807, 2.05) is 0 Å². The standard InChI is InChI=1S/C19H26F4N2O.2ClH/c20-18(21)19(22,23)26-16-8-6-15(7-9-16)17(14-4-2-1-3-5-14)25-12-10-24-11-13-25;;/h6-9,14,17-18,24H,1-5,10-13H2;2*1H/t17-;;/m0../s1. The van der Waals surface area contributed by atoms with Gasteiger partial charge in [-0.3, -0.25) is 4.90 Å². The Hall–Kier alpha value is -0.760. The molecule has 0 unspecified atom stereocenters. The normalized spacial score (nSPS) is 20.2. The molecule has 0 spiro atoms. The second-order valence-corrected chi connectivity index (χ2v) is 7.16. The van der Waals surface area contributed by atoms with Crippen LogP contribution in [0.25, 0.3) is 0 Å². The molecule has 162 valence electrons. The van der Waals surface area contributed by atoms with Gasteiger partial charge in [-0.15, -0.1) is 24.8 Å². The van der Waals surface area contributed by atoms with Crippen molar-refractivity contribution in [2.24, 2.45) is 5.92 Å². The number of piperazine rings is 1. The molecule has 1 saturated carbocycles. The van der Waals surface area contributed by atoms with Crippen molar-refractivity contribution < 1.29 is 22.3 Å². The van der Waals surface area contributed by atoms with E-state index in [0.29, 0.717) is 5.92 Å². The Morgan fingerprint density at radius 1 is 0.964 bits per heavy atom. The average molecular weight is 447 g/mol. The fourth-order valence-corrected chi connectivity index (χ4v) is 4.13. The second-order valence-electron chi connectivity index (χ2n) is 7.16. The number of alkyl halides is 4. The largest absolute Gasteiger partial charge is 0.461 e. The Morgan fingerprint density at radius 3 is 2.07 bits per heavy atom. The molecule has 1 aromatic rings. The van der Waals surface area contributed by atoms with Gasteiger partial charge >= 0.3 is 12.5 Å². The fourth-order valence-electron chi connectivity index (χ4n) is 4.13. The van der Waals surface area contributed by atoms with Gasteiger partial charge in [-0.2, -0.15) is 17.6 Å². The van der Waals surface area contributed by atoms with Gasteiger partial charge in [-0.05, 0) is 36.5 Å². The zero-order valence-electron chi connectivity index (χ0n) is 15.6. The SMILES string of the molecule is Cl.Cl.FC(F)C(F)(F)Oc1ccc([C@H](C2CCCCC2)N2CCNCC2)cc1.